The molecule has 0 rings (SSSR count). The molecule has 0 radical (unpaired) electrons. The quantitative estimate of drug-likeness (QED) is 0.268. The Kier molecular flexibility index (Phi) is 103. The van der Waals surface area contributed by atoms with Crippen molar-refractivity contribution in [3.05, 3.63) is 0 Å². The van der Waals surface area contributed by atoms with E-state index in [-0.39, 0.29) is 0 Å². The molecule has 0 bridgehead atoms. The van der Waals surface area contributed by atoms with Crippen LogP contribution in [0, 0.1) is 5.41 Å². The predicted molar refractivity (Wildman–Crippen MR) is 20.2 cm³/mol. The number of hydrogen-bond donors (Lipinski definition) is 1. The molecule has 0 unspecified atom stereocenters. The van der Waals surface area contributed by atoms with Crippen molar-refractivity contribution in [2.24, 2.45) is 0 Å². The van der Waals surface area contributed by atoms with Gasteiger partial charge in [-0.05, 0) is 0 Å². The maximum atomic E-state index is 8.35. The smallest absolute Gasteiger partial charge is 0.222 e. The highest BCUT2D eigenvalue weighted by Gasteiger charge is 1.03. The summed E-state index contributed by atoms with van der Waals surface area (Å²) in [4.78, 5) is 8.35. The van der Waals surface area contributed by atoms with Gasteiger partial charge in [0.2, 0.25) is 6.08 Å². The minimum Gasteiger partial charge on any atom is -0.222 e. The first kappa shape index (κ1) is 8.82. The summed E-state index contributed by atoms with van der Waals surface area (Å²) in [6.45, 7) is 0. The van der Waals surface area contributed by atoms with Gasteiger partial charge in [0.05, 0.1) is 0 Å². The summed E-state index contributed by atoms with van der Waals surface area (Å²) in [5, 5.41) is 5.40. The van der Waals surface area contributed by atoms with Gasteiger partial charge in [0.25, 0.3) is 0 Å². The van der Waals surface area contributed by atoms with Gasteiger partial charge < -0.3 is 0 Å². The van der Waals surface area contributed by atoms with Crippen LogP contribution in [0.5, 0.6) is 0 Å². The largest absolute Gasteiger partial charge is 0.231 e. The van der Waals surface area contributed by atoms with E-state index < -0.39 is 0 Å². The van der Waals surface area contributed by atoms with Crippen molar-refractivity contribution in [1.82, 2.24) is 0 Å². The molecule has 0 aromatic carbocycles. The molecule has 0 fully saturated rings. The number of rotatable bonds is 0. The van der Waals surface area contributed by atoms with E-state index in [0.717, 1.165) is 6.08 Å². The van der Waals surface area contributed by atoms with Gasteiger partial charge in [-0.25, -0.2) is 10.2 Å². The Bertz CT molecular complexity index is 30.6. The molecule has 0 atom stereocenters. The van der Waals surface area contributed by atoms with Gasteiger partial charge >= 0.3 is 0 Å². The van der Waals surface area contributed by atoms with Gasteiger partial charge in [-0.3, -0.25) is 0 Å². The van der Waals surface area contributed by atoms with Crippen LogP contribution in [0.1, 0.15) is 0 Å². The highest BCUT2D eigenvalue weighted by molar-refractivity contribution is 6.15. The fraction of sp³-hybridized carbons (Fsp3) is 0.500. The normalized spacial score (nSPS) is 2.80. The molecule has 0 aromatic heterocycles. The Hall–Kier alpha value is -0.330. The second kappa shape index (κ2) is 58.3. The maximum absolute atomic E-state index is 8.35. The number of halogens is 1. The summed E-state index contributed by atoms with van der Waals surface area (Å²) in [7, 11) is 0. The Morgan fingerprint density at radius 3 is 1.80 bits per heavy atom. The van der Waals surface area contributed by atoms with Gasteiger partial charge in [-0.1, -0.05) is 0 Å². The maximum Gasteiger partial charge on any atom is 0.231 e. The van der Waals surface area contributed by atoms with Gasteiger partial charge in [0.15, 0.2) is 0 Å². The molecule has 0 saturated carbocycles. The second-order valence-corrected chi connectivity index (χ2v) is 0.102. The van der Waals surface area contributed by atoms with Crippen LogP contribution in [-0.2, 0) is 4.79 Å². The molecule has 0 aromatic rings. The lowest BCUT2D eigenvalue weighted by Crippen LogP contribution is -1.16. The van der Waals surface area contributed by atoms with Crippen molar-refractivity contribution in [1.29, 1.82) is 5.41 Å². The molecule has 0 spiro atoms. The van der Waals surface area contributed by atoms with Gasteiger partial charge in [-0.15, -0.1) is 11.6 Å². The number of nitrogens with one attached hydrogen (secondary N) is 1. The van der Waals surface area contributed by atoms with Crippen LogP contribution in [0.15, 0.2) is 0 Å². The highest BCUT2D eigenvalue weighted by Crippen LogP contribution is 1.34. The molecule has 1 N–H and O–H groups in total. The Morgan fingerprint density at radius 1 is 1.80 bits per heavy atom. The number of isocyanates is 1. The molecule has 0 saturated heterocycles. The summed E-state index contributed by atoms with van der Waals surface area (Å²) in [6, 6.07) is 0. The summed E-state index contributed by atoms with van der Waals surface area (Å²) in [5.41, 5.74) is 0. The van der Waals surface area contributed by atoms with Crippen molar-refractivity contribution in [2.45, 2.75) is 0 Å². The summed E-state index contributed by atoms with van der Waals surface area (Å²) >= 11 is 4.64. The molecular weight excluding hydrogens is 89.5 g/mol. The summed E-state index contributed by atoms with van der Waals surface area (Å²) in [6.07, 6.45) is 2.22. The Balaban J connectivity index is 0. The minimum absolute atomic E-state index is 0.750. The fourth-order valence-corrected chi connectivity index (χ4v) is 0. The van der Waals surface area contributed by atoms with Crippen LogP contribution >= 0.6 is 11.6 Å². The van der Waals surface area contributed by atoms with E-state index in [0.29, 0.717) is 0 Å². The molecule has 0 heterocycles. The fourth-order valence-electron chi connectivity index (χ4n) is 0. The van der Waals surface area contributed by atoms with Crippen molar-refractivity contribution in [3.8, 4) is 0 Å². The molecule has 0 amide bonds. The first-order chi connectivity index (χ1) is 2.41. The van der Waals surface area contributed by atoms with Crippen LogP contribution in [0.3, 0.4) is 0 Å². The average molecular weight is 93.5 g/mol. The lowest BCUT2D eigenvalue weighted by molar-refractivity contribution is 0.563. The third-order valence-corrected chi connectivity index (χ3v) is 0. The number of hydrogen-bond acceptors (Lipinski definition) is 2. The monoisotopic (exact) mass is 93.0 g/mol. The van der Waals surface area contributed by atoms with Gasteiger partial charge in [-0.2, -0.15) is 0 Å². The zero-order valence-corrected chi connectivity index (χ0v) is 3.54. The van der Waals surface area contributed by atoms with E-state index >= 15 is 0 Å². The van der Waals surface area contributed by atoms with E-state index in [1.165, 1.54) is 6.38 Å². The van der Waals surface area contributed by atoms with Crippen LogP contribution in [0.4, 0.5) is 0 Å². The second-order valence-electron chi connectivity index (χ2n) is 0.102. The minimum atomic E-state index is 0.750. The molecule has 30 valence electrons. The average Bonchev–Trinajstić information content (AvgIpc) is 1.46. The number of alkyl halides is 1. The molecule has 0 aliphatic heterocycles. The molecule has 3 heteroatoms. The first-order valence-electron chi connectivity index (χ1n) is 0.832. The molecular formula is C2H4ClNO. The predicted octanol–water partition coefficient (Wildman–Crippen LogP) is 0.756. The van der Waals surface area contributed by atoms with Crippen LogP contribution in [-0.4, -0.2) is 12.5 Å². The zero-order chi connectivity index (χ0) is 4.71. The van der Waals surface area contributed by atoms with Crippen LogP contribution in [0.25, 0.3) is 0 Å². The van der Waals surface area contributed by atoms with Crippen molar-refractivity contribution < 1.29 is 4.79 Å². The molecule has 0 aliphatic carbocycles. The zero-order valence-electron chi connectivity index (χ0n) is 2.79. The van der Waals surface area contributed by atoms with Crippen LogP contribution in [0.2, 0.25) is 0 Å². The van der Waals surface area contributed by atoms with Gasteiger partial charge in [0, 0.05) is 6.38 Å². The molecule has 2 nitrogen and oxygen atoms in total. The molecule has 5 heavy (non-hydrogen) atoms. The number of carbonyl (C=O) groups excluding carboxylic acids is 1. The standard InChI is InChI=1S/CH3Cl.CHNO/c1-2;2-1-3/h1H3;2H. The lowest BCUT2D eigenvalue weighted by atomic mass is 11.7. The van der Waals surface area contributed by atoms with Crippen LogP contribution < -0.4 is 0 Å². The van der Waals surface area contributed by atoms with Crippen molar-refractivity contribution in [2.75, 3.05) is 6.38 Å². The van der Waals surface area contributed by atoms with Crippen molar-refractivity contribution >= 4 is 17.7 Å². The highest BCUT2D eigenvalue weighted by atomic mass is 35.5. The third kappa shape index (κ3) is 94.0. The topological polar surface area (TPSA) is 40.9 Å². The SMILES string of the molecule is CCl.N=C=O. The Morgan fingerprint density at radius 2 is 1.80 bits per heavy atom. The van der Waals surface area contributed by atoms with Crippen molar-refractivity contribution in [3.63, 3.8) is 0 Å². The van der Waals surface area contributed by atoms with E-state index in [1.54, 1.807) is 0 Å². The summed E-state index contributed by atoms with van der Waals surface area (Å²) < 4.78 is 0. The lowest BCUT2D eigenvalue weighted by Gasteiger charge is -1.06. The molecule has 0 aliphatic rings. The van der Waals surface area contributed by atoms with E-state index in [9.17, 15) is 0 Å². The first-order valence-corrected chi connectivity index (χ1v) is 1.59. The third-order valence-electron chi connectivity index (χ3n) is 0. The van der Waals surface area contributed by atoms with E-state index in [1.807, 2.05) is 0 Å². The van der Waals surface area contributed by atoms with Gasteiger partial charge in [0.1, 0.15) is 0 Å². The van der Waals surface area contributed by atoms with E-state index in [4.69, 9.17) is 10.2 Å². The summed E-state index contributed by atoms with van der Waals surface area (Å²) in [5.74, 6) is 0. The Labute approximate surface area is 35.3 Å². The van der Waals surface area contributed by atoms with E-state index in [2.05, 4.69) is 11.6 Å².